The van der Waals surface area contributed by atoms with Crippen molar-refractivity contribution in [3.8, 4) is 11.5 Å². The molecule has 3 rings (SSSR count). The second-order valence-corrected chi connectivity index (χ2v) is 6.60. The number of carbonyl (C=O) groups is 2. The van der Waals surface area contributed by atoms with Gasteiger partial charge in [0.2, 0.25) is 12.0 Å². The monoisotopic (exact) mass is 360 g/mol. The molecule has 25 heavy (non-hydrogen) atoms. The molecule has 2 amide bonds. The second-order valence-electron chi connectivity index (χ2n) is 5.57. The fourth-order valence-electron chi connectivity index (χ4n) is 2.52. The van der Waals surface area contributed by atoms with Crippen molar-refractivity contribution in [1.29, 1.82) is 0 Å². The molecule has 0 bridgehead atoms. The normalized spacial score (nSPS) is 15.5. The van der Waals surface area contributed by atoms with Gasteiger partial charge in [-0.1, -0.05) is 18.2 Å². The summed E-state index contributed by atoms with van der Waals surface area (Å²) < 4.78 is 11.3. The van der Waals surface area contributed by atoms with E-state index in [9.17, 15) is 9.59 Å². The number of rotatable bonds is 6. The zero-order chi connectivity index (χ0) is 17.6. The highest BCUT2D eigenvalue weighted by molar-refractivity contribution is 7.09. The maximum atomic E-state index is 12.7. The van der Waals surface area contributed by atoms with Crippen LogP contribution >= 0.6 is 11.3 Å². The number of para-hydroxylation sites is 2. The second kappa shape index (κ2) is 8.02. The van der Waals surface area contributed by atoms with Crippen molar-refractivity contribution in [2.24, 2.45) is 0 Å². The van der Waals surface area contributed by atoms with Crippen LogP contribution in [-0.2, 0) is 16.1 Å². The molecule has 1 N–H and O–H groups in total. The van der Waals surface area contributed by atoms with Crippen LogP contribution in [-0.4, -0.2) is 42.5 Å². The predicted octanol–water partition coefficient (Wildman–Crippen LogP) is 2.05. The van der Waals surface area contributed by atoms with Crippen LogP contribution in [0.15, 0.2) is 41.8 Å². The van der Waals surface area contributed by atoms with Gasteiger partial charge >= 0.3 is 0 Å². The molecule has 1 aliphatic rings. The molecule has 0 radical (unpaired) electrons. The molecule has 0 spiro atoms. The summed E-state index contributed by atoms with van der Waals surface area (Å²) in [5.74, 6) is 0.734. The summed E-state index contributed by atoms with van der Waals surface area (Å²) in [4.78, 5) is 27.3. The van der Waals surface area contributed by atoms with Crippen LogP contribution in [0.2, 0.25) is 0 Å². The summed E-state index contributed by atoms with van der Waals surface area (Å²) in [5.41, 5.74) is 0. The first kappa shape index (κ1) is 17.3. The smallest absolute Gasteiger partial charge is 0.267 e. The molecule has 1 atom stereocenters. The third-order valence-electron chi connectivity index (χ3n) is 3.85. The predicted molar refractivity (Wildman–Crippen MR) is 94.8 cm³/mol. The van der Waals surface area contributed by atoms with Crippen molar-refractivity contribution in [3.63, 3.8) is 0 Å². The Morgan fingerprint density at radius 2 is 2.04 bits per heavy atom. The third-order valence-corrected chi connectivity index (χ3v) is 4.73. The van der Waals surface area contributed by atoms with Gasteiger partial charge in [-0.15, -0.1) is 11.3 Å². The van der Waals surface area contributed by atoms with E-state index in [0.29, 0.717) is 24.6 Å². The average molecular weight is 360 g/mol. The van der Waals surface area contributed by atoms with Crippen LogP contribution < -0.4 is 14.8 Å². The molecular weight excluding hydrogens is 340 g/mol. The van der Waals surface area contributed by atoms with Gasteiger partial charge in [-0.3, -0.25) is 9.59 Å². The Morgan fingerprint density at radius 1 is 1.24 bits per heavy atom. The van der Waals surface area contributed by atoms with Crippen LogP contribution in [0.3, 0.4) is 0 Å². The zero-order valence-electron chi connectivity index (χ0n) is 13.9. The van der Waals surface area contributed by atoms with Crippen molar-refractivity contribution < 1.29 is 19.1 Å². The molecule has 0 fully saturated rings. The largest absolute Gasteiger partial charge is 0.485 e. The van der Waals surface area contributed by atoms with Crippen molar-refractivity contribution in [3.05, 3.63) is 46.7 Å². The number of ether oxygens (including phenoxy) is 2. The van der Waals surface area contributed by atoms with E-state index < -0.39 is 6.10 Å². The number of hydrogen-bond acceptors (Lipinski definition) is 5. The molecule has 6 nitrogen and oxygen atoms in total. The minimum Gasteiger partial charge on any atom is -0.485 e. The number of fused-ring (bicyclic) bond motifs is 1. The Labute approximate surface area is 150 Å². The summed E-state index contributed by atoms with van der Waals surface area (Å²) in [6.45, 7) is 2.87. The molecule has 0 saturated heterocycles. The summed E-state index contributed by atoms with van der Waals surface area (Å²) in [6.07, 6.45) is -0.736. The number of hydrogen-bond donors (Lipinski definition) is 1. The number of nitrogens with one attached hydrogen (secondary N) is 1. The van der Waals surface area contributed by atoms with Crippen molar-refractivity contribution >= 4 is 23.2 Å². The summed E-state index contributed by atoms with van der Waals surface area (Å²) in [7, 11) is 0. The number of likely N-dealkylation sites (N-methyl/N-ethyl adjacent to an activating group) is 1. The molecule has 1 aromatic carbocycles. The average Bonchev–Trinajstić information content (AvgIpc) is 3.17. The molecule has 1 aromatic heterocycles. The summed E-state index contributed by atoms with van der Waals surface area (Å²) in [5, 5.41) is 4.79. The Kier molecular flexibility index (Phi) is 5.55. The van der Waals surface area contributed by atoms with Crippen LogP contribution in [0.1, 0.15) is 11.8 Å². The van der Waals surface area contributed by atoms with Gasteiger partial charge in [-0.25, -0.2) is 0 Å². The highest BCUT2D eigenvalue weighted by Gasteiger charge is 2.31. The Balaban J connectivity index is 1.55. The van der Waals surface area contributed by atoms with E-state index in [2.05, 4.69) is 5.32 Å². The third kappa shape index (κ3) is 4.30. The number of amides is 2. The fourth-order valence-corrected chi connectivity index (χ4v) is 3.16. The van der Waals surface area contributed by atoms with Crippen LogP contribution in [0.4, 0.5) is 0 Å². The van der Waals surface area contributed by atoms with Gasteiger partial charge in [-0.05, 0) is 30.5 Å². The van der Waals surface area contributed by atoms with Gasteiger partial charge in [0.25, 0.3) is 5.91 Å². The molecular formula is C18H20N2O4S. The maximum absolute atomic E-state index is 12.7. The van der Waals surface area contributed by atoms with Crippen molar-refractivity contribution in [2.75, 3.05) is 19.7 Å². The maximum Gasteiger partial charge on any atom is 0.267 e. The lowest BCUT2D eigenvalue weighted by Crippen LogP contribution is -2.49. The van der Waals surface area contributed by atoms with Crippen LogP contribution in [0.25, 0.3) is 0 Å². The van der Waals surface area contributed by atoms with E-state index in [1.165, 1.54) is 4.90 Å². The molecule has 1 aliphatic heterocycles. The summed E-state index contributed by atoms with van der Waals surface area (Å²) in [6, 6.07) is 11.1. The number of nitrogens with zero attached hydrogens (tertiary/aromatic N) is 1. The van der Waals surface area contributed by atoms with E-state index >= 15 is 0 Å². The van der Waals surface area contributed by atoms with E-state index in [1.54, 1.807) is 23.5 Å². The SMILES string of the molecule is CCN(CC(=O)NCc1cccs1)C(=O)[C@H]1COc2ccccc2O1. The van der Waals surface area contributed by atoms with E-state index in [4.69, 9.17) is 9.47 Å². The highest BCUT2D eigenvalue weighted by atomic mass is 32.1. The lowest BCUT2D eigenvalue weighted by Gasteiger charge is -2.29. The van der Waals surface area contributed by atoms with Gasteiger partial charge in [0.15, 0.2) is 11.5 Å². The molecule has 0 unspecified atom stereocenters. The van der Waals surface area contributed by atoms with Crippen molar-refractivity contribution in [2.45, 2.75) is 19.6 Å². The number of benzene rings is 1. The quantitative estimate of drug-likeness (QED) is 0.856. The molecule has 0 saturated carbocycles. The molecule has 2 heterocycles. The fraction of sp³-hybridized carbons (Fsp3) is 0.333. The van der Waals surface area contributed by atoms with E-state index in [-0.39, 0.29) is 25.0 Å². The summed E-state index contributed by atoms with van der Waals surface area (Å²) >= 11 is 1.58. The van der Waals surface area contributed by atoms with Gasteiger partial charge in [0, 0.05) is 11.4 Å². The van der Waals surface area contributed by atoms with Gasteiger partial charge in [0.1, 0.15) is 6.61 Å². The number of carbonyl (C=O) groups excluding carboxylic acids is 2. The first-order valence-corrected chi connectivity index (χ1v) is 9.01. The minimum absolute atomic E-state index is 0.00220. The van der Waals surface area contributed by atoms with Crippen LogP contribution in [0.5, 0.6) is 11.5 Å². The topological polar surface area (TPSA) is 67.9 Å². The molecule has 132 valence electrons. The van der Waals surface area contributed by atoms with Gasteiger partial charge < -0.3 is 19.7 Å². The zero-order valence-corrected chi connectivity index (χ0v) is 14.8. The molecule has 2 aromatic rings. The van der Waals surface area contributed by atoms with Crippen molar-refractivity contribution in [1.82, 2.24) is 10.2 Å². The minimum atomic E-state index is -0.736. The Morgan fingerprint density at radius 3 is 2.76 bits per heavy atom. The molecule has 7 heteroatoms. The van der Waals surface area contributed by atoms with Gasteiger partial charge in [-0.2, -0.15) is 0 Å². The lowest BCUT2D eigenvalue weighted by atomic mass is 10.2. The molecule has 0 aliphatic carbocycles. The van der Waals surface area contributed by atoms with E-state index in [1.807, 2.05) is 36.6 Å². The lowest BCUT2D eigenvalue weighted by molar-refractivity contribution is -0.144. The Bertz CT molecular complexity index is 732. The first-order valence-electron chi connectivity index (χ1n) is 8.13. The van der Waals surface area contributed by atoms with Crippen LogP contribution in [0, 0.1) is 0 Å². The van der Waals surface area contributed by atoms with E-state index in [0.717, 1.165) is 4.88 Å². The standard InChI is InChI=1S/C18H20N2O4S/c1-2-20(11-17(21)19-10-13-6-5-9-25-13)18(22)16-12-23-14-7-3-4-8-15(14)24-16/h3-9,16H,2,10-12H2,1H3,(H,19,21)/t16-/m1/s1. The number of thiophene rings is 1. The highest BCUT2D eigenvalue weighted by Crippen LogP contribution is 2.31. The first-order chi connectivity index (χ1) is 12.2. The van der Waals surface area contributed by atoms with Gasteiger partial charge in [0.05, 0.1) is 13.1 Å². The Hall–Kier alpha value is -2.54.